The number of hydrogen-bond donors (Lipinski definition) is 1. The number of pyridine rings is 1. The number of anilines is 1. The Balaban J connectivity index is 2.55. The van der Waals surface area contributed by atoms with Gasteiger partial charge in [-0.2, -0.15) is 15.2 Å². The van der Waals surface area contributed by atoms with Crippen LogP contribution in [0.2, 0.25) is 0 Å². The molecule has 2 rings (SSSR count). The zero-order valence-corrected chi connectivity index (χ0v) is 9.81. The van der Waals surface area contributed by atoms with Crippen LogP contribution in [0.3, 0.4) is 0 Å². The van der Waals surface area contributed by atoms with Crippen molar-refractivity contribution in [2.24, 2.45) is 0 Å². The van der Waals surface area contributed by atoms with Crippen molar-refractivity contribution >= 4 is 11.9 Å². The van der Waals surface area contributed by atoms with Gasteiger partial charge in [-0.1, -0.05) is 0 Å². The van der Waals surface area contributed by atoms with Crippen molar-refractivity contribution < 1.29 is 14.6 Å². The lowest BCUT2D eigenvalue weighted by Crippen LogP contribution is -2.26. The predicted molar refractivity (Wildman–Crippen MR) is 62.1 cm³/mol. The summed E-state index contributed by atoms with van der Waals surface area (Å²) in [6.45, 7) is 0. The van der Waals surface area contributed by atoms with Crippen molar-refractivity contribution in [1.29, 1.82) is 0 Å². The molecule has 0 bridgehead atoms. The lowest BCUT2D eigenvalue weighted by atomic mass is 10.3. The third kappa shape index (κ3) is 2.08. The fourth-order valence-electron chi connectivity index (χ4n) is 1.37. The van der Waals surface area contributed by atoms with E-state index in [1.807, 2.05) is 0 Å². The van der Waals surface area contributed by atoms with Crippen LogP contribution in [0.25, 0.3) is 5.69 Å². The van der Waals surface area contributed by atoms with E-state index in [2.05, 4.69) is 15.2 Å². The molecule has 8 heteroatoms. The van der Waals surface area contributed by atoms with Gasteiger partial charge in [0.15, 0.2) is 5.82 Å². The van der Waals surface area contributed by atoms with Gasteiger partial charge in [0.2, 0.25) is 5.88 Å². The van der Waals surface area contributed by atoms with E-state index < -0.39 is 6.09 Å². The molecule has 0 saturated carbocycles. The Bertz CT molecular complexity index is 555. The van der Waals surface area contributed by atoms with Gasteiger partial charge in [-0.05, 0) is 6.07 Å². The zero-order chi connectivity index (χ0) is 13.1. The van der Waals surface area contributed by atoms with E-state index in [1.165, 1.54) is 31.3 Å². The first-order valence-corrected chi connectivity index (χ1v) is 5.02. The predicted octanol–water partition coefficient (Wildman–Crippen LogP) is 0.785. The molecule has 2 aromatic rings. The Hall–Kier alpha value is -2.64. The largest absolute Gasteiger partial charge is 0.481 e. The van der Waals surface area contributed by atoms with E-state index in [0.717, 1.165) is 4.90 Å². The minimum atomic E-state index is -1.14. The molecule has 1 N–H and O–H groups in total. The molecule has 94 valence electrons. The average Bonchev–Trinajstić information content (AvgIpc) is 2.90. The number of ether oxygens (including phenoxy) is 1. The Morgan fingerprint density at radius 2 is 2.06 bits per heavy atom. The minimum Gasteiger partial charge on any atom is -0.481 e. The van der Waals surface area contributed by atoms with E-state index in [9.17, 15) is 4.79 Å². The first-order valence-electron chi connectivity index (χ1n) is 5.02. The van der Waals surface area contributed by atoms with Crippen molar-refractivity contribution in [3.05, 3.63) is 24.5 Å². The summed E-state index contributed by atoms with van der Waals surface area (Å²) in [5.74, 6) is 0.507. The molecule has 8 nitrogen and oxygen atoms in total. The summed E-state index contributed by atoms with van der Waals surface area (Å²) in [6, 6.07) is 3.25. The van der Waals surface area contributed by atoms with Gasteiger partial charge in [0.1, 0.15) is 5.69 Å². The van der Waals surface area contributed by atoms with Crippen molar-refractivity contribution in [2.75, 3.05) is 19.1 Å². The number of nitrogens with zero attached hydrogens (tertiary/aromatic N) is 5. The van der Waals surface area contributed by atoms with Crippen molar-refractivity contribution in [3.63, 3.8) is 0 Å². The molecule has 2 aromatic heterocycles. The van der Waals surface area contributed by atoms with Crippen LogP contribution in [0.15, 0.2) is 24.5 Å². The number of aromatic nitrogens is 4. The smallest absolute Gasteiger partial charge is 0.412 e. The highest BCUT2D eigenvalue weighted by molar-refractivity contribution is 5.86. The monoisotopic (exact) mass is 249 g/mol. The van der Waals surface area contributed by atoms with E-state index in [-0.39, 0.29) is 5.82 Å². The number of methoxy groups -OCH3 is 1. The normalized spacial score (nSPS) is 10.1. The van der Waals surface area contributed by atoms with E-state index in [0.29, 0.717) is 11.6 Å². The Labute approximate surface area is 102 Å². The fraction of sp³-hybridized carbons (Fsp3) is 0.200. The molecule has 0 saturated heterocycles. The van der Waals surface area contributed by atoms with Crippen molar-refractivity contribution in [2.45, 2.75) is 0 Å². The highest BCUT2D eigenvalue weighted by atomic mass is 16.5. The van der Waals surface area contributed by atoms with Gasteiger partial charge in [0, 0.05) is 13.1 Å². The minimum absolute atomic E-state index is 0.193. The molecule has 0 spiro atoms. The molecule has 0 aliphatic rings. The average molecular weight is 249 g/mol. The number of rotatable bonds is 3. The van der Waals surface area contributed by atoms with Crippen molar-refractivity contribution in [3.8, 4) is 11.6 Å². The molecule has 0 atom stereocenters. The maximum Gasteiger partial charge on any atom is 0.412 e. The summed E-state index contributed by atoms with van der Waals surface area (Å²) in [6.07, 6.45) is 1.85. The molecule has 0 fully saturated rings. The van der Waals surface area contributed by atoms with Gasteiger partial charge in [0.25, 0.3) is 0 Å². The van der Waals surface area contributed by atoms with E-state index in [4.69, 9.17) is 9.84 Å². The van der Waals surface area contributed by atoms with Crippen LogP contribution in [-0.4, -0.2) is 45.3 Å². The summed E-state index contributed by atoms with van der Waals surface area (Å²) >= 11 is 0. The van der Waals surface area contributed by atoms with Gasteiger partial charge in [-0.3, -0.25) is 4.90 Å². The summed E-state index contributed by atoms with van der Waals surface area (Å²) in [7, 11) is 2.84. The molecule has 0 aromatic carbocycles. The SMILES string of the molecule is COc1ccc(-n2nccn2)c(N(C)C(=O)O)n1. The number of amides is 1. The van der Waals surface area contributed by atoms with Gasteiger partial charge < -0.3 is 9.84 Å². The third-order valence-corrected chi connectivity index (χ3v) is 2.28. The lowest BCUT2D eigenvalue weighted by Gasteiger charge is -2.16. The second-order valence-corrected chi connectivity index (χ2v) is 3.36. The van der Waals surface area contributed by atoms with Gasteiger partial charge in [-0.15, -0.1) is 4.80 Å². The number of carboxylic acid groups (broad SMARTS) is 1. The Morgan fingerprint density at radius 1 is 1.39 bits per heavy atom. The molecule has 18 heavy (non-hydrogen) atoms. The molecular formula is C10H11N5O3. The molecule has 0 aliphatic heterocycles. The van der Waals surface area contributed by atoms with Crippen LogP contribution in [0, 0.1) is 0 Å². The quantitative estimate of drug-likeness (QED) is 0.864. The van der Waals surface area contributed by atoms with Crippen LogP contribution in [-0.2, 0) is 0 Å². The maximum absolute atomic E-state index is 11.0. The second-order valence-electron chi connectivity index (χ2n) is 3.36. The van der Waals surface area contributed by atoms with Crippen LogP contribution < -0.4 is 9.64 Å². The highest BCUT2D eigenvalue weighted by Crippen LogP contribution is 2.23. The molecule has 0 unspecified atom stereocenters. The Morgan fingerprint density at radius 3 is 2.61 bits per heavy atom. The van der Waals surface area contributed by atoms with Crippen LogP contribution in [0.5, 0.6) is 5.88 Å². The van der Waals surface area contributed by atoms with Crippen LogP contribution >= 0.6 is 0 Å². The molecule has 0 aliphatic carbocycles. The molecule has 2 heterocycles. The van der Waals surface area contributed by atoms with Crippen LogP contribution in [0.4, 0.5) is 10.6 Å². The first-order chi connectivity index (χ1) is 8.63. The lowest BCUT2D eigenvalue weighted by molar-refractivity contribution is 0.203. The van der Waals surface area contributed by atoms with E-state index >= 15 is 0 Å². The summed E-state index contributed by atoms with van der Waals surface area (Å²) in [4.78, 5) is 17.4. The summed E-state index contributed by atoms with van der Waals surface area (Å²) in [5, 5.41) is 16.9. The van der Waals surface area contributed by atoms with E-state index in [1.54, 1.807) is 12.1 Å². The number of hydrogen-bond acceptors (Lipinski definition) is 5. The van der Waals surface area contributed by atoms with Gasteiger partial charge in [-0.25, -0.2) is 4.79 Å². The first kappa shape index (κ1) is 11.8. The Kier molecular flexibility index (Phi) is 3.09. The van der Waals surface area contributed by atoms with Gasteiger partial charge >= 0.3 is 6.09 Å². The molecular weight excluding hydrogens is 238 g/mol. The van der Waals surface area contributed by atoms with Crippen LogP contribution in [0.1, 0.15) is 0 Å². The fourth-order valence-corrected chi connectivity index (χ4v) is 1.37. The topological polar surface area (TPSA) is 93.4 Å². The third-order valence-electron chi connectivity index (χ3n) is 2.28. The second kappa shape index (κ2) is 4.70. The van der Waals surface area contributed by atoms with Gasteiger partial charge in [0.05, 0.1) is 19.5 Å². The molecule has 1 amide bonds. The highest BCUT2D eigenvalue weighted by Gasteiger charge is 2.18. The zero-order valence-electron chi connectivity index (χ0n) is 9.81. The summed E-state index contributed by atoms with van der Waals surface area (Å²) < 4.78 is 4.98. The summed E-state index contributed by atoms with van der Waals surface area (Å²) in [5.41, 5.74) is 0.450. The molecule has 0 radical (unpaired) electrons. The maximum atomic E-state index is 11.0. The van der Waals surface area contributed by atoms with Crippen molar-refractivity contribution in [1.82, 2.24) is 20.0 Å². The number of carbonyl (C=O) groups is 1. The standard InChI is InChI=1S/C10H11N5O3/c1-14(10(16)17)9-7(15-11-5-6-12-15)3-4-8(13-9)18-2/h3-6H,1-2H3,(H,16,17).